The monoisotopic (exact) mass is 267 g/mol. The molecule has 1 saturated carbocycles. The summed E-state index contributed by atoms with van der Waals surface area (Å²) in [4.78, 5) is 14.5. The quantitative estimate of drug-likeness (QED) is 0.514. The third kappa shape index (κ3) is 3.42. The van der Waals surface area contributed by atoms with Gasteiger partial charge in [-0.05, 0) is 19.3 Å². The maximum Gasteiger partial charge on any atom is 0.243 e. The minimum absolute atomic E-state index is 0.319. The lowest BCUT2D eigenvalue weighted by Gasteiger charge is -2.16. The van der Waals surface area contributed by atoms with Crippen LogP contribution in [0.4, 0.5) is 17.8 Å². The van der Waals surface area contributed by atoms with Crippen molar-refractivity contribution in [1.29, 1.82) is 0 Å². The van der Waals surface area contributed by atoms with Crippen LogP contribution >= 0.6 is 0 Å². The second-order valence-corrected chi connectivity index (χ2v) is 4.83. The molecule has 1 aliphatic rings. The third-order valence-corrected chi connectivity index (χ3v) is 3.20. The highest BCUT2D eigenvalue weighted by atomic mass is 16.5. The first-order valence-electron chi connectivity index (χ1n) is 6.31. The molecule has 0 amide bonds. The van der Waals surface area contributed by atoms with Gasteiger partial charge >= 0.3 is 0 Å². The fourth-order valence-electron chi connectivity index (χ4n) is 2.16. The van der Waals surface area contributed by atoms with Gasteiger partial charge in [-0.25, -0.2) is 5.84 Å². The molecule has 106 valence electrons. The number of nitrogens with two attached hydrogens (primary N) is 1. The van der Waals surface area contributed by atoms with Gasteiger partial charge in [0.05, 0.1) is 6.10 Å². The zero-order valence-electron chi connectivity index (χ0n) is 11.6. The topological polar surface area (TPSA) is 101 Å². The fourth-order valence-corrected chi connectivity index (χ4v) is 2.16. The van der Waals surface area contributed by atoms with Crippen LogP contribution in [0, 0.1) is 0 Å². The van der Waals surface area contributed by atoms with E-state index < -0.39 is 0 Å². The second-order valence-electron chi connectivity index (χ2n) is 4.83. The molecule has 1 aliphatic carbocycles. The zero-order valence-corrected chi connectivity index (χ0v) is 11.6. The van der Waals surface area contributed by atoms with Gasteiger partial charge in [0.2, 0.25) is 17.8 Å². The Bertz CT molecular complexity index is 426. The molecule has 19 heavy (non-hydrogen) atoms. The summed E-state index contributed by atoms with van der Waals surface area (Å²) in [5.74, 6) is 6.82. The van der Waals surface area contributed by atoms with Crippen molar-refractivity contribution in [2.75, 3.05) is 36.8 Å². The van der Waals surface area contributed by atoms with Crippen LogP contribution in [0.25, 0.3) is 0 Å². The summed E-state index contributed by atoms with van der Waals surface area (Å²) >= 11 is 0. The molecule has 0 bridgehead atoms. The van der Waals surface area contributed by atoms with Crippen LogP contribution in [0.15, 0.2) is 0 Å². The summed E-state index contributed by atoms with van der Waals surface area (Å²) in [6.45, 7) is 0. The molecular formula is C11H21N7O. The Morgan fingerprint density at radius 2 is 1.95 bits per heavy atom. The molecule has 0 aromatic carbocycles. The van der Waals surface area contributed by atoms with E-state index in [4.69, 9.17) is 10.6 Å². The van der Waals surface area contributed by atoms with Crippen molar-refractivity contribution >= 4 is 17.8 Å². The molecule has 2 rings (SSSR count). The van der Waals surface area contributed by atoms with Crippen molar-refractivity contribution in [2.45, 2.75) is 31.4 Å². The lowest BCUT2D eigenvalue weighted by Crippen LogP contribution is -2.22. The van der Waals surface area contributed by atoms with E-state index in [1.165, 1.54) is 0 Å². The van der Waals surface area contributed by atoms with E-state index in [0.717, 1.165) is 19.3 Å². The summed E-state index contributed by atoms with van der Waals surface area (Å²) in [6.07, 6.45) is 3.39. The number of rotatable bonds is 5. The van der Waals surface area contributed by atoms with Gasteiger partial charge in [0.25, 0.3) is 0 Å². The highest BCUT2D eigenvalue weighted by Gasteiger charge is 2.25. The third-order valence-electron chi connectivity index (χ3n) is 3.20. The van der Waals surface area contributed by atoms with E-state index >= 15 is 0 Å². The lowest BCUT2D eigenvalue weighted by molar-refractivity contribution is 0.108. The molecule has 1 fully saturated rings. The van der Waals surface area contributed by atoms with Crippen molar-refractivity contribution in [3.63, 3.8) is 0 Å². The first kappa shape index (κ1) is 13.8. The Balaban J connectivity index is 2.09. The van der Waals surface area contributed by atoms with Gasteiger partial charge in [-0.15, -0.1) is 0 Å². The van der Waals surface area contributed by atoms with Gasteiger partial charge < -0.3 is 15.0 Å². The normalized spacial score (nSPS) is 22.3. The number of nitrogens with zero attached hydrogens (tertiary/aromatic N) is 4. The van der Waals surface area contributed by atoms with E-state index in [9.17, 15) is 0 Å². The Morgan fingerprint density at radius 1 is 1.21 bits per heavy atom. The highest BCUT2D eigenvalue weighted by molar-refractivity contribution is 5.42. The number of hydrogen-bond donors (Lipinski definition) is 3. The van der Waals surface area contributed by atoms with Gasteiger partial charge in [-0.1, -0.05) is 0 Å². The van der Waals surface area contributed by atoms with Crippen molar-refractivity contribution in [3.05, 3.63) is 0 Å². The molecule has 2 atom stereocenters. The predicted octanol–water partition coefficient (Wildman–Crippen LogP) is 0.203. The van der Waals surface area contributed by atoms with Crippen LogP contribution in [-0.2, 0) is 4.74 Å². The van der Waals surface area contributed by atoms with Crippen LogP contribution in [0.2, 0.25) is 0 Å². The largest absolute Gasteiger partial charge is 0.381 e. The van der Waals surface area contributed by atoms with E-state index in [1.54, 1.807) is 12.0 Å². The van der Waals surface area contributed by atoms with E-state index in [0.29, 0.717) is 30.0 Å². The molecule has 8 heteroatoms. The van der Waals surface area contributed by atoms with Crippen LogP contribution in [0.5, 0.6) is 0 Å². The zero-order chi connectivity index (χ0) is 13.8. The van der Waals surface area contributed by atoms with Gasteiger partial charge in [0.1, 0.15) is 0 Å². The number of hydrazine groups is 1. The van der Waals surface area contributed by atoms with Gasteiger partial charge in [0.15, 0.2) is 0 Å². The minimum atomic E-state index is 0.319. The SMILES string of the molecule is COC1CCC(Nc2nc(NN)nc(N(C)C)n2)C1. The average molecular weight is 267 g/mol. The molecule has 0 spiro atoms. The average Bonchev–Trinajstić information content (AvgIpc) is 2.85. The Labute approximate surface area is 112 Å². The van der Waals surface area contributed by atoms with Crippen LogP contribution in [0.1, 0.15) is 19.3 Å². The van der Waals surface area contributed by atoms with Gasteiger partial charge in [-0.3, -0.25) is 5.43 Å². The Kier molecular flexibility index (Phi) is 4.33. The fraction of sp³-hybridized carbons (Fsp3) is 0.727. The molecular weight excluding hydrogens is 246 g/mol. The molecule has 0 aliphatic heterocycles. The molecule has 0 saturated heterocycles. The number of ether oxygens (including phenoxy) is 1. The summed E-state index contributed by atoms with van der Waals surface area (Å²) < 4.78 is 5.35. The predicted molar refractivity (Wildman–Crippen MR) is 74.0 cm³/mol. The highest BCUT2D eigenvalue weighted by Crippen LogP contribution is 2.24. The summed E-state index contributed by atoms with van der Waals surface area (Å²) in [6, 6.07) is 0.327. The molecule has 1 aromatic rings. The molecule has 1 aromatic heterocycles. The smallest absolute Gasteiger partial charge is 0.243 e. The molecule has 1 heterocycles. The number of methoxy groups -OCH3 is 1. The first-order valence-corrected chi connectivity index (χ1v) is 6.31. The van der Waals surface area contributed by atoms with Crippen LogP contribution in [0.3, 0.4) is 0 Å². The second kappa shape index (κ2) is 5.98. The number of anilines is 3. The van der Waals surface area contributed by atoms with E-state index in [-0.39, 0.29) is 0 Å². The molecule has 8 nitrogen and oxygen atoms in total. The van der Waals surface area contributed by atoms with Gasteiger partial charge in [-0.2, -0.15) is 15.0 Å². The Morgan fingerprint density at radius 3 is 2.53 bits per heavy atom. The number of nitrogen functional groups attached to an aromatic ring is 1. The lowest BCUT2D eigenvalue weighted by atomic mass is 10.2. The molecule has 2 unspecified atom stereocenters. The minimum Gasteiger partial charge on any atom is -0.381 e. The van der Waals surface area contributed by atoms with Crippen molar-refractivity contribution in [2.24, 2.45) is 5.84 Å². The number of aromatic nitrogens is 3. The number of nitrogens with one attached hydrogen (secondary N) is 2. The van der Waals surface area contributed by atoms with Gasteiger partial charge in [0, 0.05) is 27.2 Å². The van der Waals surface area contributed by atoms with Crippen LogP contribution < -0.4 is 21.5 Å². The summed E-state index contributed by atoms with van der Waals surface area (Å²) in [5.41, 5.74) is 2.45. The summed E-state index contributed by atoms with van der Waals surface area (Å²) in [7, 11) is 5.49. The van der Waals surface area contributed by atoms with E-state index in [2.05, 4.69) is 25.7 Å². The first-order chi connectivity index (χ1) is 9.12. The van der Waals surface area contributed by atoms with Crippen molar-refractivity contribution in [1.82, 2.24) is 15.0 Å². The Hall–Kier alpha value is -1.67. The molecule has 4 N–H and O–H groups in total. The maximum atomic E-state index is 5.37. The van der Waals surface area contributed by atoms with E-state index in [1.807, 2.05) is 14.1 Å². The molecule has 0 radical (unpaired) electrons. The summed E-state index contributed by atoms with van der Waals surface area (Å²) in [5, 5.41) is 3.31. The standard InChI is InChI=1S/C11H21N7O/c1-18(2)11-15-9(14-10(16-11)17-12)13-7-4-5-8(6-7)19-3/h7-8H,4-6,12H2,1-3H3,(H2,13,14,15,16,17). The number of hydrogen-bond acceptors (Lipinski definition) is 8. The van der Waals surface area contributed by atoms with Crippen LogP contribution in [-0.4, -0.2) is 48.3 Å². The maximum absolute atomic E-state index is 5.37. The van der Waals surface area contributed by atoms with Crippen molar-refractivity contribution in [3.8, 4) is 0 Å². The van der Waals surface area contributed by atoms with Crippen molar-refractivity contribution < 1.29 is 4.74 Å².